The SMILES string of the molecule is COc1ccc([N+](=O)[O-])cc1COc1cc(C)cc2c1C1CCCC1C(=O)O2. The standard InChI is InChI=1S/C21H21NO6/c1-12-8-18(20-15-4-3-5-16(15)21(23)28-19(20)9-12)27-11-13-10-14(22(24)25)6-7-17(13)26-2/h6-10,15-16H,3-5,11H2,1-2H3. The Kier molecular flexibility index (Phi) is 4.66. The Morgan fingerprint density at radius 3 is 2.71 bits per heavy atom. The van der Waals surface area contributed by atoms with Gasteiger partial charge in [0.05, 0.1) is 18.0 Å². The maximum atomic E-state index is 12.3. The monoisotopic (exact) mass is 383 g/mol. The second-order valence-electron chi connectivity index (χ2n) is 7.28. The molecule has 7 heteroatoms. The van der Waals surface area contributed by atoms with E-state index in [2.05, 4.69) is 0 Å². The van der Waals surface area contributed by atoms with Gasteiger partial charge in [-0.15, -0.1) is 0 Å². The van der Waals surface area contributed by atoms with Gasteiger partial charge in [0.1, 0.15) is 23.9 Å². The van der Waals surface area contributed by atoms with Gasteiger partial charge in [-0.05, 0) is 43.5 Å². The van der Waals surface area contributed by atoms with E-state index in [1.807, 2.05) is 19.1 Å². The van der Waals surface area contributed by atoms with Gasteiger partial charge >= 0.3 is 5.97 Å². The van der Waals surface area contributed by atoms with Crippen molar-refractivity contribution in [3.8, 4) is 17.2 Å². The van der Waals surface area contributed by atoms with Gasteiger partial charge in [0, 0.05) is 29.2 Å². The minimum absolute atomic E-state index is 0.0181. The molecule has 0 radical (unpaired) electrons. The smallest absolute Gasteiger partial charge is 0.314 e. The van der Waals surface area contributed by atoms with E-state index in [9.17, 15) is 14.9 Å². The Morgan fingerprint density at radius 2 is 1.96 bits per heavy atom. The zero-order valence-corrected chi connectivity index (χ0v) is 15.8. The molecule has 0 saturated heterocycles. The number of esters is 1. The van der Waals surface area contributed by atoms with Crippen molar-refractivity contribution >= 4 is 11.7 Å². The van der Waals surface area contributed by atoms with Gasteiger partial charge in [-0.25, -0.2) is 0 Å². The van der Waals surface area contributed by atoms with Gasteiger partial charge < -0.3 is 14.2 Å². The molecular formula is C21H21NO6. The minimum atomic E-state index is -0.444. The van der Waals surface area contributed by atoms with Crippen molar-refractivity contribution in [2.45, 2.75) is 38.7 Å². The summed E-state index contributed by atoms with van der Waals surface area (Å²) in [6.07, 6.45) is 2.73. The summed E-state index contributed by atoms with van der Waals surface area (Å²) in [6, 6.07) is 8.22. The second-order valence-corrected chi connectivity index (χ2v) is 7.28. The Labute approximate surface area is 162 Å². The van der Waals surface area contributed by atoms with Crippen LogP contribution in [-0.2, 0) is 11.4 Å². The lowest BCUT2D eigenvalue weighted by atomic mass is 9.85. The Hall–Kier alpha value is -3.09. The van der Waals surface area contributed by atoms with Crippen LogP contribution >= 0.6 is 0 Å². The van der Waals surface area contributed by atoms with Crippen LogP contribution in [0.25, 0.3) is 0 Å². The lowest BCUT2D eigenvalue weighted by Gasteiger charge is -2.29. The molecule has 0 N–H and O–H groups in total. The van der Waals surface area contributed by atoms with Crippen LogP contribution in [0.4, 0.5) is 5.69 Å². The summed E-state index contributed by atoms with van der Waals surface area (Å²) in [5.41, 5.74) is 2.42. The summed E-state index contributed by atoms with van der Waals surface area (Å²) in [7, 11) is 1.52. The van der Waals surface area contributed by atoms with Crippen molar-refractivity contribution in [2.24, 2.45) is 5.92 Å². The number of hydrogen-bond acceptors (Lipinski definition) is 6. The van der Waals surface area contributed by atoms with Crippen LogP contribution in [0.2, 0.25) is 0 Å². The third-order valence-corrected chi connectivity index (χ3v) is 5.51. The van der Waals surface area contributed by atoms with Crippen LogP contribution in [0.15, 0.2) is 30.3 Å². The lowest BCUT2D eigenvalue weighted by molar-refractivity contribution is -0.385. The zero-order chi connectivity index (χ0) is 19.8. The quantitative estimate of drug-likeness (QED) is 0.331. The molecule has 2 aromatic carbocycles. The number of aryl methyl sites for hydroxylation is 1. The number of fused-ring (bicyclic) bond motifs is 3. The number of methoxy groups -OCH3 is 1. The van der Waals surface area contributed by atoms with Crippen LogP contribution in [0, 0.1) is 23.0 Å². The van der Waals surface area contributed by atoms with Crippen LogP contribution < -0.4 is 14.2 Å². The van der Waals surface area contributed by atoms with Crippen molar-refractivity contribution in [1.82, 2.24) is 0 Å². The number of carbonyl (C=O) groups is 1. The van der Waals surface area contributed by atoms with E-state index in [1.54, 1.807) is 6.07 Å². The molecule has 2 atom stereocenters. The number of benzene rings is 2. The maximum absolute atomic E-state index is 12.3. The molecule has 4 rings (SSSR count). The molecule has 146 valence electrons. The van der Waals surface area contributed by atoms with Crippen LogP contribution in [0.1, 0.15) is 41.9 Å². The number of nitro benzene ring substituents is 1. The van der Waals surface area contributed by atoms with Crippen LogP contribution in [0.3, 0.4) is 0 Å². The molecule has 2 aromatic rings. The first-order valence-electron chi connectivity index (χ1n) is 9.28. The number of carbonyl (C=O) groups excluding carboxylic acids is 1. The topological polar surface area (TPSA) is 87.9 Å². The largest absolute Gasteiger partial charge is 0.496 e. The summed E-state index contributed by atoms with van der Waals surface area (Å²) in [6.45, 7) is 2.03. The molecule has 2 aliphatic rings. The molecule has 1 aliphatic carbocycles. The highest BCUT2D eigenvalue weighted by Gasteiger charge is 2.42. The molecule has 2 unspecified atom stereocenters. The lowest BCUT2D eigenvalue weighted by Crippen LogP contribution is -2.28. The van der Waals surface area contributed by atoms with E-state index in [0.29, 0.717) is 22.8 Å². The van der Waals surface area contributed by atoms with Crippen molar-refractivity contribution in [3.63, 3.8) is 0 Å². The third-order valence-electron chi connectivity index (χ3n) is 5.51. The highest BCUT2D eigenvalue weighted by atomic mass is 16.6. The Balaban J connectivity index is 1.68. The first-order chi connectivity index (χ1) is 13.5. The number of nitro groups is 1. The summed E-state index contributed by atoms with van der Waals surface area (Å²) in [5, 5.41) is 11.1. The molecule has 1 aliphatic heterocycles. The van der Waals surface area contributed by atoms with Gasteiger partial charge in [0.2, 0.25) is 0 Å². The number of rotatable bonds is 5. The van der Waals surface area contributed by atoms with E-state index < -0.39 is 4.92 Å². The first-order valence-corrected chi connectivity index (χ1v) is 9.28. The molecule has 1 heterocycles. The summed E-state index contributed by atoms with van der Waals surface area (Å²) < 4.78 is 17.0. The fourth-order valence-electron chi connectivity index (χ4n) is 4.22. The van der Waals surface area contributed by atoms with Crippen LogP contribution in [-0.4, -0.2) is 18.0 Å². The molecule has 0 aromatic heterocycles. The fraction of sp³-hybridized carbons (Fsp3) is 0.381. The number of hydrogen-bond donors (Lipinski definition) is 0. The molecule has 0 bridgehead atoms. The number of ether oxygens (including phenoxy) is 3. The van der Waals surface area contributed by atoms with Crippen LogP contribution in [0.5, 0.6) is 17.2 Å². The average molecular weight is 383 g/mol. The molecule has 28 heavy (non-hydrogen) atoms. The van der Waals surface area contributed by atoms with Gasteiger partial charge in [-0.1, -0.05) is 6.42 Å². The Morgan fingerprint density at radius 1 is 1.18 bits per heavy atom. The van der Waals surface area contributed by atoms with Gasteiger partial charge in [0.25, 0.3) is 5.69 Å². The van der Waals surface area contributed by atoms with E-state index in [0.717, 1.165) is 30.4 Å². The highest BCUT2D eigenvalue weighted by molar-refractivity contribution is 5.80. The maximum Gasteiger partial charge on any atom is 0.314 e. The summed E-state index contributed by atoms with van der Waals surface area (Å²) in [4.78, 5) is 22.9. The first kappa shape index (κ1) is 18.3. The van der Waals surface area contributed by atoms with Gasteiger partial charge in [-0.3, -0.25) is 14.9 Å². The Bertz CT molecular complexity index is 954. The van der Waals surface area contributed by atoms with E-state index in [4.69, 9.17) is 14.2 Å². The van der Waals surface area contributed by atoms with Gasteiger partial charge in [-0.2, -0.15) is 0 Å². The molecular weight excluding hydrogens is 362 g/mol. The third kappa shape index (κ3) is 3.17. The second kappa shape index (κ2) is 7.14. The average Bonchev–Trinajstić information content (AvgIpc) is 3.15. The van der Waals surface area contributed by atoms with Gasteiger partial charge in [0.15, 0.2) is 0 Å². The van der Waals surface area contributed by atoms with Crippen molar-refractivity contribution in [2.75, 3.05) is 7.11 Å². The highest BCUT2D eigenvalue weighted by Crippen LogP contribution is 2.51. The fourth-order valence-corrected chi connectivity index (χ4v) is 4.22. The normalized spacial score (nSPS) is 20.1. The minimum Gasteiger partial charge on any atom is -0.496 e. The molecule has 1 saturated carbocycles. The van der Waals surface area contributed by atoms with Crippen molar-refractivity contribution < 1.29 is 23.9 Å². The summed E-state index contributed by atoms with van der Waals surface area (Å²) >= 11 is 0. The molecule has 1 fully saturated rings. The predicted molar refractivity (Wildman–Crippen MR) is 101 cm³/mol. The zero-order valence-electron chi connectivity index (χ0n) is 15.8. The number of non-ortho nitro benzene ring substituents is 1. The predicted octanol–water partition coefficient (Wildman–Crippen LogP) is 4.29. The number of nitrogens with zero attached hydrogens (tertiary/aromatic N) is 1. The molecule has 0 amide bonds. The van der Waals surface area contributed by atoms with Crippen molar-refractivity contribution in [1.29, 1.82) is 0 Å². The van der Waals surface area contributed by atoms with Crippen molar-refractivity contribution in [3.05, 3.63) is 57.1 Å². The van der Waals surface area contributed by atoms with E-state index in [1.165, 1.54) is 19.2 Å². The van der Waals surface area contributed by atoms with E-state index in [-0.39, 0.29) is 30.1 Å². The summed E-state index contributed by atoms with van der Waals surface area (Å²) in [5.74, 6) is 1.56. The molecule has 0 spiro atoms. The van der Waals surface area contributed by atoms with E-state index >= 15 is 0 Å². The molecule has 7 nitrogen and oxygen atoms in total.